The van der Waals surface area contributed by atoms with Crippen LogP contribution in [0.2, 0.25) is 0 Å². The number of aromatic amines is 1. The van der Waals surface area contributed by atoms with E-state index >= 15 is 0 Å². The van der Waals surface area contributed by atoms with Gasteiger partial charge in [-0.25, -0.2) is 4.98 Å². The summed E-state index contributed by atoms with van der Waals surface area (Å²) in [4.78, 5) is 20.9. The van der Waals surface area contributed by atoms with Gasteiger partial charge in [-0.3, -0.25) is 9.48 Å². The number of thioether (sulfide) groups is 1. The summed E-state index contributed by atoms with van der Waals surface area (Å²) in [5, 5.41) is 7.46. The molecule has 0 unspecified atom stereocenters. The molecule has 2 aromatic heterocycles. The van der Waals surface area contributed by atoms with Crippen molar-refractivity contribution in [2.24, 2.45) is 0 Å². The molecule has 0 saturated carbocycles. The van der Waals surface area contributed by atoms with Crippen molar-refractivity contribution >= 4 is 28.7 Å². The van der Waals surface area contributed by atoms with Crippen molar-refractivity contribution in [3.63, 3.8) is 0 Å². The van der Waals surface area contributed by atoms with Crippen molar-refractivity contribution in [1.82, 2.24) is 25.1 Å². The van der Waals surface area contributed by atoms with E-state index in [0.717, 1.165) is 34.6 Å². The molecule has 29 heavy (non-hydrogen) atoms. The Morgan fingerprint density at radius 2 is 1.97 bits per heavy atom. The van der Waals surface area contributed by atoms with Crippen LogP contribution < -0.4 is 5.32 Å². The topological polar surface area (TPSA) is 75.6 Å². The third kappa shape index (κ3) is 4.68. The van der Waals surface area contributed by atoms with Gasteiger partial charge < -0.3 is 10.3 Å². The van der Waals surface area contributed by atoms with Gasteiger partial charge >= 0.3 is 0 Å². The Balaban J connectivity index is 1.49. The molecule has 0 aliphatic heterocycles. The number of benzene rings is 2. The largest absolute Gasteiger partial charge is 0.342 e. The first-order chi connectivity index (χ1) is 14.2. The molecule has 7 heteroatoms. The van der Waals surface area contributed by atoms with E-state index in [1.54, 1.807) is 28.8 Å². The van der Waals surface area contributed by atoms with E-state index in [9.17, 15) is 4.79 Å². The molecule has 2 aromatic carbocycles. The first kappa shape index (κ1) is 19.3. The van der Waals surface area contributed by atoms with Crippen molar-refractivity contribution < 1.29 is 4.79 Å². The third-order valence-corrected chi connectivity index (χ3v) is 5.38. The Morgan fingerprint density at radius 3 is 2.76 bits per heavy atom. The highest BCUT2D eigenvalue weighted by molar-refractivity contribution is 7.98. The minimum Gasteiger partial charge on any atom is -0.342 e. The predicted molar refractivity (Wildman–Crippen MR) is 117 cm³/mol. The summed E-state index contributed by atoms with van der Waals surface area (Å²) in [6.45, 7) is 0.633. The van der Waals surface area contributed by atoms with Gasteiger partial charge in [0, 0.05) is 6.20 Å². The molecule has 0 bridgehead atoms. The highest BCUT2D eigenvalue weighted by Crippen LogP contribution is 2.20. The number of fused-ring (bicyclic) bond motifs is 1. The van der Waals surface area contributed by atoms with Gasteiger partial charge in [-0.2, -0.15) is 16.9 Å². The van der Waals surface area contributed by atoms with E-state index in [2.05, 4.69) is 26.6 Å². The van der Waals surface area contributed by atoms with Gasteiger partial charge in [0.1, 0.15) is 5.82 Å². The number of carbonyl (C=O) groups excluding carboxylic acids is 1. The van der Waals surface area contributed by atoms with Crippen LogP contribution in [0.25, 0.3) is 11.0 Å². The smallest absolute Gasteiger partial charge is 0.255 e. The fraction of sp³-hybridized carbons (Fsp3) is 0.227. The second-order valence-corrected chi connectivity index (χ2v) is 7.84. The number of aromatic nitrogens is 4. The molecule has 2 heterocycles. The second-order valence-electron chi connectivity index (χ2n) is 6.86. The number of H-pyrrole nitrogens is 1. The van der Waals surface area contributed by atoms with Gasteiger partial charge in [-0.15, -0.1) is 0 Å². The minimum atomic E-state index is -0.181. The molecule has 148 valence electrons. The van der Waals surface area contributed by atoms with Crippen LogP contribution >= 0.6 is 11.8 Å². The maximum absolute atomic E-state index is 12.9. The number of rotatable bonds is 8. The second kappa shape index (κ2) is 8.96. The summed E-state index contributed by atoms with van der Waals surface area (Å²) in [6.07, 6.45) is 6.26. The number of nitrogens with zero attached hydrogens (tertiary/aromatic N) is 3. The van der Waals surface area contributed by atoms with Crippen molar-refractivity contribution in [2.45, 2.75) is 19.0 Å². The first-order valence-corrected chi connectivity index (χ1v) is 10.9. The van der Waals surface area contributed by atoms with Crippen LogP contribution in [0.4, 0.5) is 0 Å². The van der Waals surface area contributed by atoms with Gasteiger partial charge in [-0.05, 0) is 36.1 Å². The van der Waals surface area contributed by atoms with Crippen molar-refractivity contribution in [1.29, 1.82) is 0 Å². The minimum absolute atomic E-state index is 0.143. The fourth-order valence-electron chi connectivity index (χ4n) is 3.23. The van der Waals surface area contributed by atoms with Gasteiger partial charge in [0.15, 0.2) is 0 Å². The molecular formula is C22H23N5OS. The van der Waals surface area contributed by atoms with Crippen molar-refractivity contribution in [3.05, 3.63) is 83.9 Å². The molecule has 2 N–H and O–H groups in total. The summed E-state index contributed by atoms with van der Waals surface area (Å²) in [7, 11) is 0. The Labute approximate surface area is 173 Å². The van der Waals surface area contributed by atoms with Gasteiger partial charge in [0.05, 0.1) is 35.4 Å². The summed E-state index contributed by atoms with van der Waals surface area (Å²) in [5.41, 5.74) is 3.57. The lowest BCUT2D eigenvalue weighted by atomic mass is 10.2. The molecule has 1 amide bonds. The first-order valence-electron chi connectivity index (χ1n) is 9.54. The van der Waals surface area contributed by atoms with E-state index in [4.69, 9.17) is 0 Å². The molecule has 0 aliphatic rings. The molecular weight excluding hydrogens is 382 g/mol. The Hall–Kier alpha value is -3.06. The molecule has 0 fully saturated rings. The molecule has 0 saturated heterocycles. The quantitative estimate of drug-likeness (QED) is 0.464. The highest BCUT2D eigenvalue weighted by atomic mass is 32.2. The van der Waals surface area contributed by atoms with Gasteiger partial charge in [0.25, 0.3) is 5.91 Å². The molecule has 0 radical (unpaired) electrons. The van der Waals surface area contributed by atoms with Crippen molar-refractivity contribution in [3.8, 4) is 0 Å². The maximum atomic E-state index is 12.9. The zero-order valence-electron chi connectivity index (χ0n) is 16.2. The van der Waals surface area contributed by atoms with E-state index < -0.39 is 0 Å². The number of para-hydroxylation sites is 2. The zero-order chi connectivity index (χ0) is 20.1. The number of amides is 1. The van der Waals surface area contributed by atoms with Crippen molar-refractivity contribution in [2.75, 3.05) is 12.0 Å². The van der Waals surface area contributed by atoms with Crippen LogP contribution in [0.15, 0.2) is 67.0 Å². The monoisotopic (exact) mass is 405 g/mol. The standard InChI is InChI=1S/C22H23N5OS/c1-29-12-11-20(21-24-18-9-5-6-10-19(18)25-21)26-22(28)17-13-23-27(15-17)14-16-7-3-2-4-8-16/h2-10,13,15,20H,11-12,14H2,1H3,(H,24,25)(H,26,28)/t20-/m1/s1. The van der Waals surface area contributed by atoms with Crippen LogP contribution in [-0.4, -0.2) is 37.7 Å². The average molecular weight is 406 g/mol. The normalized spacial score (nSPS) is 12.2. The molecule has 4 rings (SSSR count). The molecule has 1 atom stereocenters. The van der Waals surface area contributed by atoms with E-state index in [1.165, 1.54) is 0 Å². The molecule has 6 nitrogen and oxygen atoms in total. The van der Waals surface area contributed by atoms with Crippen LogP contribution in [0.3, 0.4) is 0 Å². The molecule has 4 aromatic rings. The lowest BCUT2D eigenvalue weighted by Gasteiger charge is -2.15. The lowest BCUT2D eigenvalue weighted by Crippen LogP contribution is -2.29. The number of hydrogen-bond donors (Lipinski definition) is 2. The predicted octanol–water partition coefficient (Wildman–Crippen LogP) is 4.03. The number of hydrogen-bond acceptors (Lipinski definition) is 4. The average Bonchev–Trinajstić information content (AvgIpc) is 3.38. The summed E-state index contributed by atoms with van der Waals surface area (Å²) in [6, 6.07) is 17.8. The zero-order valence-corrected chi connectivity index (χ0v) is 17.0. The highest BCUT2D eigenvalue weighted by Gasteiger charge is 2.20. The van der Waals surface area contributed by atoms with E-state index in [-0.39, 0.29) is 11.9 Å². The van der Waals surface area contributed by atoms with Crippen LogP contribution in [-0.2, 0) is 6.54 Å². The van der Waals surface area contributed by atoms with Gasteiger partial charge in [-0.1, -0.05) is 42.5 Å². The fourth-order valence-corrected chi connectivity index (χ4v) is 3.70. The lowest BCUT2D eigenvalue weighted by molar-refractivity contribution is 0.0934. The van der Waals surface area contributed by atoms with E-state index in [0.29, 0.717) is 12.1 Å². The summed E-state index contributed by atoms with van der Waals surface area (Å²) < 4.78 is 1.78. The number of carbonyl (C=O) groups is 1. The molecule has 0 aliphatic carbocycles. The Kier molecular flexibility index (Phi) is 5.95. The van der Waals surface area contributed by atoms with Crippen LogP contribution in [0.1, 0.15) is 34.2 Å². The Bertz CT molecular complexity index is 1060. The summed E-state index contributed by atoms with van der Waals surface area (Å²) in [5.74, 6) is 1.57. The van der Waals surface area contributed by atoms with Gasteiger partial charge in [0.2, 0.25) is 0 Å². The molecule has 0 spiro atoms. The van der Waals surface area contributed by atoms with E-state index in [1.807, 2.05) is 54.6 Å². The SMILES string of the molecule is CSCC[C@@H](NC(=O)c1cnn(Cc2ccccc2)c1)c1nc2ccccc2[nH]1. The number of nitrogens with one attached hydrogen (secondary N) is 2. The van der Waals surface area contributed by atoms with Crippen LogP contribution in [0.5, 0.6) is 0 Å². The third-order valence-electron chi connectivity index (χ3n) is 4.74. The maximum Gasteiger partial charge on any atom is 0.255 e. The number of imidazole rings is 1. The summed E-state index contributed by atoms with van der Waals surface area (Å²) >= 11 is 1.75. The Morgan fingerprint density at radius 1 is 1.17 bits per heavy atom. The van der Waals surface area contributed by atoms with Crippen LogP contribution in [0, 0.1) is 0 Å².